The molecule has 0 aliphatic carbocycles. The van der Waals surface area contributed by atoms with Gasteiger partial charge in [-0.15, -0.1) is 0 Å². The van der Waals surface area contributed by atoms with Crippen LogP contribution in [-0.4, -0.2) is 21.2 Å². The van der Waals surface area contributed by atoms with E-state index in [1.807, 2.05) is 12.3 Å². The molecule has 0 bridgehead atoms. The van der Waals surface area contributed by atoms with E-state index in [-0.39, 0.29) is 6.10 Å². The van der Waals surface area contributed by atoms with Crippen LogP contribution in [0.1, 0.15) is 30.2 Å². The molecule has 2 aromatic heterocycles. The first-order chi connectivity index (χ1) is 8.40. The smallest absolute Gasteiger partial charge is 0.159 e. The maximum Gasteiger partial charge on any atom is 0.159 e. The molecular formula is C12H12N4O. The van der Waals surface area contributed by atoms with Gasteiger partial charge in [-0.3, -0.25) is 0 Å². The van der Waals surface area contributed by atoms with Crippen LogP contribution in [0.3, 0.4) is 0 Å². The Bertz CT molecular complexity index is 578. The number of ether oxygens (including phenoxy) is 1. The second-order valence-electron chi connectivity index (χ2n) is 4.09. The van der Waals surface area contributed by atoms with Gasteiger partial charge in [0.2, 0.25) is 0 Å². The molecule has 0 amide bonds. The first-order valence-corrected chi connectivity index (χ1v) is 5.71. The molecule has 1 unspecified atom stereocenters. The van der Waals surface area contributed by atoms with Crippen LogP contribution in [0.5, 0.6) is 0 Å². The van der Waals surface area contributed by atoms with Crippen LogP contribution < -0.4 is 0 Å². The summed E-state index contributed by atoms with van der Waals surface area (Å²) < 4.78 is 7.37. The van der Waals surface area contributed by atoms with Crippen molar-refractivity contribution >= 4 is 5.65 Å². The van der Waals surface area contributed by atoms with E-state index in [0.717, 1.165) is 36.4 Å². The summed E-state index contributed by atoms with van der Waals surface area (Å²) in [7, 11) is 0. The highest BCUT2D eigenvalue weighted by Gasteiger charge is 2.25. The SMILES string of the molecule is N#CCc1c(C2CCCO2)nn2cccnc12. The van der Waals surface area contributed by atoms with Crippen molar-refractivity contribution in [2.24, 2.45) is 0 Å². The molecule has 1 atom stereocenters. The average Bonchev–Trinajstić information content (AvgIpc) is 2.97. The van der Waals surface area contributed by atoms with Crippen LogP contribution in [0, 0.1) is 11.3 Å². The minimum atomic E-state index is 0.0278. The summed E-state index contributed by atoms with van der Waals surface area (Å²) in [6.45, 7) is 0.776. The number of rotatable bonds is 2. The summed E-state index contributed by atoms with van der Waals surface area (Å²) in [4.78, 5) is 4.29. The maximum absolute atomic E-state index is 8.91. The molecule has 86 valence electrons. The highest BCUT2D eigenvalue weighted by molar-refractivity contribution is 5.51. The van der Waals surface area contributed by atoms with Gasteiger partial charge in [0.15, 0.2) is 5.65 Å². The number of hydrogen-bond donors (Lipinski definition) is 0. The first kappa shape index (κ1) is 10.2. The highest BCUT2D eigenvalue weighted by atomic mass is 16.5. The van der Waals surface area contributed by atoms with E-state index < -0.39 is 0 Å². The molecule has 5 nitrogen and oxygen atoms in total. The molecule has 2 aromatic rings. The zero-order valence-corrected chi connectivity index (χ0v) is 9.33. The third kappa shape index (κ3) is 1.67. The van der Waals surface area contributed by atoms with Crippen LogP contribution in [-0.2, 0) is 11.2 Å². The van der Waals surface area contributed by atoms with Crippen molar-refractivity contribution < 1.29 is 4.74 Å². The normalized spacial score (nSPS) is 19.6. The number of nitrogens with zero attached hydrogens (tertiary/aromatic N) is 4. The summed E-state index contributed by atoms with van der Waals surface area (Å²) in [5.74, 6) is 0. The van der Waals surface area contributed by atoms with Gasteiger partial charge >= 0.3 is 0 Å². The summed E-state index contributed by atoms with van der Waals surface area (Å²) in [5.41, 5.74) is 2.54. The van der Waals surface area contributed by atoms with E-state index in [9.17, 15) is 0 Å². The third-order valence-electron chi connectivity index (χ3n) is 3.01. The molecule has 3 rings (SSSR count). The molecule has 5 heteroatoms. The number of aromatic nitrogens is 3. The predicted octanol–water partition coefficient (Wildman–Crippen LogP) is 1.65. The van der Waals surface area contributed by atoms with Crippen molar-refractivity contribution in [3.63, 3.8) is 0 Å². The minimum Gasteiger partial charge on any atom is -0.372 e. The van der Waals surface area contributed by atoms with Crippen LogP contribution in [0.25, 0.3) is 5.65 Å². The Balaban J connectivity index is 2.15. The first-order valence-electron chi connectivity index (χ1n) is 5.71. The number of nitriles is 1. The van der Waals surface area contributed by atoms with Gasteiger partial charge in [0.05, 0.1) is 18.2 Å². The van der Waals surface area contributed by atoms with E-state index in [1.165, 1.54) is 0 Å². The maximum atomic E-state index is 8.91. The summed E-state index contributed by atoms with van der Waals surface area (Å²) in [6.07, 6.45) is 5.95. The fraction of sp³-hybridized carbons (Fsp3) is 0.417. The van der Waals surface area contributed by atoms with E-state index in [0.29, 0.717) is 6.42 Å². The average molecular weight is 228 g/mol. The Morgan fingerprint density at radius 3 is 3.29 bits per heavy atom. The fourth-order valence-electron chi connectivity index (χ4n) is 2.25. The molecule has 0 N–H and O–H groups in total. The molecular weight excluding hydrogens is 216 g/mol. The van der Waals surface area contributed by atoms with E-state index in [2.05, 4.69) is 16.2 Å². The minimum absolute atomic E-state index is 0.0278. The summed E-state index contributed by atoms with van der Waals surface area (Å²) in [5, 5.41) is 13.4. The largest absolute Gasteiger partial charge is 0.372 e. The fourth-order valence-corrected chi connectivity index (χ4v) is 2.25. The highest BCUT2D eigenvalue weighted by Crippen LogP contribution is 2.31. The lowest BCUT2D eigenvalue weighted by molar-refractivity contribution is 0.108. The van der Waals surface area contributed by atoms with Crippen LogP contribution in [0.4, 0.5) is 0 Å². The molecule has 3 heterocycles. The van der Waals surface area contributed by atoms with Crippen molar-refractivity contribution in [3.8, 4) is 6.07 Å². The standard InChI is InChI=1S/C12H12N4O/c13-5-4-9-11(10-3-1-8-17-10)15-16-7-2-6-14-12(9)16/h2,6-7,10H,1,3-4,8H2. The summed E-state index contributed by atoms with van der Waals surface area (Å²) >= 11 is 0. The molecule has 1 aliphatic heterocycles. The predicted molar refractivity (Wildman–Crippen MR) is 60.2 cm³/mol. The van der Waals surface area contributed by atoms with Crippen LogP contribution in [0.15, 0.2) is 18.5 Å². The Labute approximate surface area is 98.6 Å². The monoisotopic (exact) mass is 228 g/mol. The lowest BCUT2D eigenvalue weighted by Crippen LogP contribution is -2.00. The van der Waals surface area contributed by atoms with Crippen molar-refractivity contribution in [3.05, 3.63) is 29.7 Å². The molecule has 1 saturated heterocycles. The van der Waals surface area contributed by atoms with E-state index in [1.54, 1.807) is 10.7 Å². The second-order valence-corrected chi connectivity index (χ2v) is 4.09. The quantitative estimate of drug-likeness (QED) is 0.784. The van der Waals surface area contributed by atoms with Gasteiger partial charge in [0, 0.05) is 24.6 Å². The molecule has 17 heavy (non-hydrogen) atoms. The Hall–Kier alpha value is -1.93. The van der Waals surface area contributed by atoms with Gasteiger partial charge < -0.3 is 4.74 Å². The van der Waals surface area contributed by atoms with Crippen molar-refractivity contribution in [1.82, 2.24) is 14.6 Å². The van der Waals surface area contributed by atoms with Crippen molar-refractivity contribution in [2.75, 3.05) is 6.61 Å². The number of hydrogen-bond acceptors (Lipinski definition) is 4. The van der Waals surface area contributed by atoms with Gasteiger partial charge in [-0.25, -0.2) is 9.50 Å². The van der Waals surface area contributed by atoms with Gasteiger partial charge in [0.1, 0.15) is 6.10 Å². The van der Waals surface area contributed by atoms with Crippen molar-refractivity contribution in [2.45, 2.75) is 25.4 Å². The van der Waals surface area contributed by atoms with Gasteiger partial charge in [-0.2, -0.15) is 10.4 Å². The van der Waals surface area contributed by atoms with Gasteiger partial charge in [-0.1, -0.05) is 0 Å². The van der Waals surface area contributed by atoms with Crippen LogP contribution >= 0.6 is 0 Å². The van der Waals surface area contributed by atoms with E-state index in [4.69, 9.17) is 10.00 Å². The molecule has 0 spiro atoms. The lowest BCUT2D eigenvalue weighted by atomic mass is 10.1. The van der Waals surface area contributed by atoms with Crippen LogP contribution in [0.2, 0.25) is 0 Å². The molecule has 1 fully saturated rings. The van der Waals surface area contributed by atoms with E-state index >= 15 is 0 Å². The molecule has 1 aliphatic rings. The topological polar surface area (TPSA) is 63.2 Å². The molecule has 0 aromatic carbocycles. The third-order valence-corrected chi connectivity index (χ3v) is 3.01. The molecule has 0 radical (unpaired) electrons. The summed E-state index contributed by atoms with van der Waals surface area (Å²) in [6, 6.07) is 4.01. The van der Waals surface area contributed by atoms with Gasteiger partial charge in [-0.05, 0) is 18.9 Å². The van der Waals surface area contributed by atoms with Crippen molar-refractivity contribution in [1.29, 1.82) is 5.26 Å². The van der Waals surface area contributed by atoms with Gasteiger partial charge in [0.25, 0.3) is 0 Å². The lowest BCUT2D eigenvalue weighted by Gasteiger charge is -2.06. The zero-order valence-electron chi connectivity index (χ0n) is 9.33. The Morgan fingerprint density at radius 2 is 2.53 bits per heavy atom. The molecule has 0 saturated carbocycles. The number of fused-ring (bicyclic) bond motifs is 1. The Morgan fingerprint density at radius 1 is 1.59 bits per heavy atom. The Kier molecular flexibility index (Phi) is 2.50. The second kappa shape index (κ2) is 4.15. The zero-order chi connectivity index (χ0) is 11.7.